The number of benzene rings is 2. The first-order chi connectivity index (χ1) is 12.0. The quantitative estimate of drug-likeness (QED) is 0.429. The third-order valence-corrected chi connectivity index (χ3v) is 3.23. The molecule has 0 aliphatic heterocycles. The van der Waals surface area contributed by atoms with Gasteiger partial charge in [-0.2, -0.15) is 0 Å². The van der Waals surface area contributed by atoms with Crippen molar-refractivity contribution in [3.63, 3.8) is 0 Å². The van der Waals surface area contributed by atoms with Gasteiger partial charge in [-0.05, 0) is 23.3 Å². The molecule has 0 aliphatic carbocycles. The summed E-state index contributed by atoms with van der Waals surface area (Å²) in [5.74, 6) is -2.15. The summed E-state index contributed by atoms with van der Waals surface area (Å²) >= 11 is 0. The second-order valence-corrected chi connectivity index (χ2v) is 5.17. The minimum atomic E-state index is -1.15. The van der Waals surface area contributed by atoms with E-state index < -0.39 is 18.0 Å². The van der Waals surface area contributed by atoms with Crippen LogP contribution in [0.5, 0.6) is 11.5 Å². The lowest BCUT2D eigenvalue weighted by Crippen LogP contribution is -2.34. The smallest absolute Gasteiger partial charge is 0.379 e. The van der Waals surface area contributed by atoms with Gasteiger partial charge in [-0.25, -0.2) is 19.4 Å². The molecule has 7 nitrogen and oxygen atoms in total. The Morgan fingerprint density at radius 3 is 2.48 bits per heavy atom. The fourth-order valence-electron chi connectivity index (χ4n) is 1.95. The van der Waals surface area contributed by atoms with E-state index in [1.165, 1.54) is 18.2 Å². The molecule has 2 rings (SSSR count). The molecule has 0 bridgehead atoms. The summed E-state index contributed by atoms with van der Waals surface area (Å²) in [7, 11) is 0. The predicted octanol–water partition coefficient (Wildman–Crippen LogP) is 1.68. The zero-order chi connectivity index (χ0) is 18.2. The Morgan fingerprint density at radius 1 is 1.08 bits per heavy atom. The van der Waals surface area contributed by atoms with Gasteiger partial charge in [0, 0.05) is 18.6 Å². The number of carbonyl (C=O) groups excluding carboxylic acids is 2. The van der Waals surface area contributed by atoms with Crippen molar-refractivity contribution in [3.8, 4) is 11.5 Å². The van der Waals surface area contributed by atoms with Crippen LogP contribution in [0.1, 0.15) is 11.1 Å². The van der Waals surface area contributed by atoms with Gasteiger partial charge >= 0.3 is 11.9 Å². The highest BCUT2D eigenvalue weighted by molar-refractivity contribution is 5.87. The Labute approximate surface area is 143 Å². The van der Waals surface area contributed by atoms with Crippen molar-refractivity contribution >= 4 is 18.0 Å². The van der Waals surface area contributed by atoms with Crippen LogP contribution in [0.15, 0.2) is 54.6 Å². The first-order valence-electron chi connectivity index (χ1n) is 7.37. The van der Waals surface area contributed by atoms with Crippen LogP contribution in [0.2, 0.25) is 0 Å². The molecular weight excluding hydrogens is 326 g/mol. The summed E-state index contributed by atoms with van der Waals surface area (Å²) in [5.41, 5.74) is 6.78. The van der Waals surface area contributed by atoms with Crippen molar-refractivity contribution in [2.45, 2.75) is 12.5 Å². The lowest BCUT2D eigenvalue weighted by atomic mass is 10.1. The molecule has 0 aliphatic rings. The van der Waals surface area contributed by atoms with Gasteiger partial charge < -0.3 is 15.9 Å². The molecule has 0 heterocycles. The summed E-state index contributed by atoms with van der Waals surface area (Å²) in [6, 6.07) is 11.8. The number of hydrogen-bond donors (Lipinski definition) is 3. The molecule has 7 heteroatoms. The lowest BCUT2D eigenvalue weighted by Gasteiger charge is -2.10. The van der Waals surface area contributed by atoms with Crippen LogP contribution in [-0.2, 0) is 25.8 Å². The third-order valence-electron chi connectivity index (χ3n) is 3.23. The molecule has 2 aromatic carbocycles. The van der Waals surface area contributed by atoms with E-state index in [9.17, 15) is 19.8 Å². The highest BCUT2D eigenvalue weighted by Crippen LogP contribution is 2.23. The van der Waals surface area contributed by atoms with Crippen molar-refractivity contribution in [1.82, 2.24) is 0 Å². The average molecular weight is 343 g/mol. The second kappa shape index (κ2) is 8.51. The summed E-state index contributed by atoms with van der Waals surface area (Å²) in [4.78, 5) is 32.0. The van der Waals surface area contributed by atoms with Gasteiger partial charge in [0.25, 0.3) is 0 Å². The Hall–Kier alpha value is -3.32. The molecule has 130 valence electrons. The Bertz CT molecular complexity index is 772. The van der Waals surface area contributed by atoms with Crippen LogP contribution in [-0.4, -0.2) is 28.2 Å². The lowest BCUT2D eigenvalue weighted by molar-refractivity contribution is -0.255. The van der Waals surface area contributed by atoms with Crippen molar-refractivity contribution < 1.29 is 29.6 Å². The van der Waals surface area contributed by atoms with Gasteiger partial charge in [-0.1, -0.05) is 36.4 Å². The van der Waals surface area contributed by atoms with Crippen molar-refractivity contribution in [2.24, 2.45) is 5.73 Å². The molecule has 0 radical (unpaired) electrons. The largest absolute Gasteiger partial charge is 0.508 e. The highest BCUT2D eigenvalue weighted by atomic mass is 17.2. The van der Waals surface area contributed by atoms with Gasteiger partial charge in [0.2, 0.25) is 0 Å². The fourth-order valence-corrected chi connectivity index (χ4v) is 1.95. The van der Waals surface area contributed by atoms with Gasteiger partial charge in [0.05, 0.1) is 0 Å². The third kappa shape index (κ3) is 5.67. The highest BCUT2D eigenvalue weighted by Gasteiger charge is 2.20. The van der Waals surface area contributed by atoms with Crippen molar-refractivity contribution in [2.75, 3.05) is 0 Å². The number of hydrogen-bond acceptors (Lipinski definition) is 7. The van der Waals surface area contributed by atoms with E-state index >= 15 is 0 Å². The van der Waals surface area contributed by atoms with Crippen LogP contribution in [0.25, 0.3) is 6.08 Å². The van der Waals surface area contributed by atoms with E-state index in [0.29, 0.717) is 5.56 Å². The topological polar surface area (TPSA) is 119 Å². The van der Waals surface area contributed by atoms with Crippen LogP contribution in [0.4, 0.5) is 0 Å². The van der Waals surface area contributed by atoms with Gasteiger partial charge in [0.1, 0.15) is 17.5 Å². The Balaban J connectivity index is 1.82. The maximum absolute atomic E-state index is 11.7. The molecular formula is C18H17NO6. The van der Waals surface area contributed by atoms with Crippen LogP contribution >= 0.6 is 0 Å². The molecule has 0 saturated carbocycles. The van der Waals surface area contributed by atoms with E-state index in [0.717, 1.165) is 17.7 Å². The van der Waals surface area contributed by atoms with E-state index in [2.05, 4.69) is 9.78 Å². The zero-order valence-electron chi connectivity index (χ0n) is 13.2. The van der Waals surface area contributed by atoms with Gasteiger partial charge in [-0.3, -0.25) is 0 Å². The fraction of sp³-hybridized carbons (Fsp3) is 0.111. The minimum absolute atomic E-state index is 0.0532. The van der Waals surface area contributed by atoms with E-state index in [1.807, 2.05) is 18.2 Å². The second-order valence-electron chi connectivity index (χ2n) is 5.17. The monoisotopic (exact) mass is 343 g/mol. The number of rotatable bonds is 5. The molecule has 25 heavy (non-hydrogen) atoms. The molecule has 0 saturated heterocycles. The Kier molecular flexibility index (Phi) is 6.14. The van der Waals surface area contributed by atoms with Crippen LogP contribution in [0.3, 0.4) is 0 Å². The first-order valence-corrected chi connectivity index (χ1v) is 7.37. The zero-order valence-corrected chi connectivity index (χ0v) is 13.2. The number of phenols is 2. The number of aromatic hydroxyl groups is 2. The molecule has 4 N–H and O–H groups in total. The molecule has 1 atom stereocenters. The summed E-state index contributed by atoms with van der Waals surface area (Å²) in [5, 5.41) is 18.9. The number of carbonyl (C=O) groups is 2. The van der Waals surface area contributed by atoms with Gasteiger partial charge in [0.15, 0.2) is 0 Å². The molecule has 0 spiro atoms. The number of phenolic OH excluding ortho intramolecular Hbond substituents is 2. The normalized spacial score (nSPS) is 11.9. The van der Waals surface area contributed by atoms with E-state index in [-0.39, 0.29) is 17.9 Å². The van der Waals surface area contributed by atoms with Crippen LogP contribution in [0, 0.1) is 0 Å². The molecule has 0 fully saturated rings. The minimum Gasteiger partial charge on any atom is -0.508 e. The maximum Gasteiger partial charge on any atom is 0.379 e. The van der Waals surface area contributed by atoms with Crippen molar-refractivity contribution in [1.29, 1.82) is 0 Å². The first kappa shape index (κ1) is 18.0. The summed E-state index contributed by atoms with van der Waals surface area (Å²) in [6.07, 6.45) is 2.56. The SMILES string of the molecule is NC(Cc1ccc(O)cc1O)C(=O)OOC(=O)/C=C/c1ccccc1. The summed E-state index contributed by atoms with van der Waals surface area (Å²) < 4.78 is 0. The van der Waals surface area contributed by atoms with Crippen molar-refractivity contribution in [3.05, 3.63) is 65.7 Å². The average Bonchev–Trinajstić information content (AvgIpc) is 2.61. The Morgan fingerprint density at radius 2 is 1.80 bits per heavy atom. The molecule has 0 amide bonds. The maximum atomic E-state index is 11.7. The van der Waals surface area contributed by atoms with Crippen LogP contribution < -0.4 is 5.73 Å². The standard InChI is InChI=1S/C18H17NO6/c19-15(10-13-7-8-14(20)11-16(13)21)18(23)25-24-17(22)9-6-12-4-2-1-3-5-12/h1-9,11,15,20-21H,10,19H2/b9-6+. The molecule has 1 unspecified atom stereocenters. The van der Waals surface area contributed by atoms with E-state index in [4.69, 9.17) is 5.73 Å². The molecule has 0 aromatic heterocycles. The molecule has 2 aromatic rings. The summed E-state index contributed by atoms with van der Waals surface area (Å²) in [6.45, 7) is 0. The van der Waals surface area contributed by atoms with Gasteiger partial charge in [-0.15, -0.1) is 0 Å². The van der Waals surface area contributed by atoms with E-state index in [1.54, 1.807) is 12.1 Å². The number of nitrogens with two attached hydrogens (primary N) is 1. The predicted molar refractivity (Wildman–Crippen MR) is 89.1 cm³/mol.